The van der Waals surface area contributed by atoms with Crippen LogP contribution in [0.3, 0.4) is 0 Å². The number of nitrogens with two attached hydrogens (primary N) is 1. The molecule has 3 nitrogen and oxygen atoms in total. The zero-order valence-corrected chi connectivity index (χ0v) is 10.3. The van der Waals surface area contributed by atoms with Crippen LogP contribution in [0.1, 0.15) is 28.4 Å². The van der Waals surface area contributed by atoms with E-state index in [4.69, 9.17) is 10.5 Å². The molecule has 0 radical (unpaired) electrons. The van der Waals surface area contributed by atoms with Crippen molar-refractivity contribution in [1.82, 2.24) is 0 Å². The quantitative estimate of drug-likeness (QED) is 0.792. The molecule has 0 fully saturated rings. The van der Waals surface area contributed by atoms with Gasteiger partial charge in [-0.3, -0.25) is 4.79 Å². The zero-order valence-electron chi connectivity index (χ0n) is 10.3. The van der Waals surface area contributed by atoms with E-state index in [0.29, 0.717) is 6.54 Å². The van der Waals surface area contributed by atoms with Crippen molar-refractivity contribution in [3.63, 3.8) is 0 Å². The van der Waals surface area contributed by atoms with E-state index in [1.807, 2.05) is 32.9 Å². The molecule has 16 heavy (non-hydrogen) atoms. The highest BCUT2D eigenvalue weighted by molar-refractivity contribution is 5.99. The Bertz CT molecular complexity index is 399. The number of benzene rings is 1. The summed E-state index contributed by atoms with van der Waals surface area (Å²) in [5.41, 5.74) is 8.17. The zero-order chi connectivity index (χ0) is 12.3. The number of ether oxygens (including phenoxy) is 1. The van der Waals surface area contributed by atoms with E-state index < -0.39 is 0 Å². The molecule has 3 heteroatoms. The van der Waals surface area contributed by atoms with Gasteiger partial charge in [-0.15, -0.1) is 0 Å². The van der Waals surface area contributed by atoms with Gasteiger partial charge in [0.05, 0.1) is 7.11 Å². The molecule has 0 spiro atoms. The molecule has 1 aromatic rings. The fraction of sp³-hybridized carbons (Fsp3) is 0.462. The largest absolute Gasteiger partial charge is 0.496 e. The van der Waals surface area contributed by atoms with Gasteiger partial charge in [-0.2, -0.15) is 0 Å². The Hall–Kier alpha value is -1.35. The predicted molar refractivity (Wildman–Crippen MR) is 65.0 cm³/mol. The summed E-state index contributed by atoms with van der Waals surface area (Å²) in [6.07, 6.45) is 0. The van der Waals surface area contributed by atoms with Crippen molar-refractivity contribution in [2.75, 3.05) is 13.7 Å². The lowest BCUT2D eigenvalue weighted by Gasteiger charge is -2.13. The molecule has 0 aliphatic carbocycles. The van der Waals surface area contributed by atoms with Crippen LogP contribution in [0.5, 0.6) is 5.75 Å². The summed E-state index contributed by atoms with van der Waals surface area (Å²) in [6.45, 7) is 6.07. The van der Waals surface area contributed by atoms with Crippen molar-refractivity contribution >= 4 is 5.78 Å². The van der Waals surface area contributed by atoms with Gasteiger partial charge in [-0.25, -0.2) is 0 Å². The summed E-state index contributed by atoms with van der Waals surface area (Å²) in [7, 11) is 1.63. The number of hydrogen-bond donors (Lipinski definition) is 1. The molecular weight excluding hydrogens is 202 g/mol. The van der Waals surface area contributed by atoms with Crippen molar-refractivity contribution in [3.8, 4) is 5.75 Å². The van der Waals surface area contributed by atoms with Crippen LogP contribution in [0.4, 0.5) is 0 Å². The van der Waals surface area contributed by atoms with Crippen LogP contribution in [0.25, 0.3) is 0 Å². The molecule has 0 saturated carbocycles. The molecule has 1 unspecified atom stereocenters. The van der Waals surface area contributed by atoms with Crippen molar-refractivity contribution in [3.05, 3.63) is 28.8 Å². The fourth-order valence-electron chi connectivity index (χ4n) is 1.65. The molecule has 0 heterocycles. The average molecular weight is 221 g/mol. The van der Waals surface area contributed by atoms with Crippen LogP contribution >= 0.6 is 0 Å². The number of Topliss-reactive ketones (excluding diaryl/α,β-unsaturated/α-hetero) is 1. The van der Waals surface area contributed by atoms with Crippen LogP contribution in [0.2, 0.25) is 0 Å². The van der Waals surface area contributed by atoms with Crippen LogP contribution < -0.4 is 10.5 Å². The van der Waals surface area contributed by atoms with Crippen molar-refractivity contribution in [2.45, 2.75) is 20.8 Å². The minimum absolute atomic E-state index is 0.103. The van der Waals surface area contributed by atoms with Crippen molar-refractivity contribution in [2.24, 2.45) is 11.7 Å². The average Bonchev–Trinajstić information content (AvgIpc) is 2.29. The lowest BCUT2D eigenvalue weighted by molar-refractivity contribution is 0.0933. The van der Waals surface area contributed by atoms with Crippen molar-refractivity contribution < 1.29 is 9.53 Å². The van der Waals surface area contributed by atoms with Crippen LogP contribution in [0, 0.1) is 19.8 Å². The highest BCUT2D eigenvalue weighted by Crippen LogP contribution is 2.24. The summed E-state index contributed by atoms with van der Waals surface area (Å²) in [5.74, 6) is 0.784. The van der Waals surface area contributed by atoms with Gasteiger partial charge in [-0.1, -0.05) is 6.92 Å². The highest BCUT2D eigenvalue weighted by atomic mass is 16.5. The molecule has 0 aromatic heterocycles. The number of ketones is 1. The molecule has 0 aliphatic heterocycles. The Morgan fingerprint density at radius 2 is 2.00 bits per heavy atom. The van der Waals surface area contributed by atoms with E-state index >= 15 is 0 Å². The number of aryl methyl sites for hydroxylation is 2. The molecule has 0 amide bonds. The predicted octanol–water partition coefficient (Wildman–Crippen LogP) is 2.09. The second-order valence-corrected chi connectivity index (χ2v) is 4.14. The smallest absolute Gasteiger partial charge is 0.167 e. The number of methoxy groups -OCH3 is 1. The third-order valence-corrected chi connectivity index (χ3v) is 2.81. The SMILES string of the molecule is COc1cc(C)c(C(=O)C(C)CN)cc1C. The first kappa shape index (κ1) is 12.7. The first-order valence-corrected chi connectivity index (χ1v) is 5.40. The monoisotopic (exact) mass is 221 g/mol. The van der Waals surface area contributed by atoms with Gasteiger partial charge in [0.1, 0.15) is 5.75 Å². The van der Waals surface area contributed by atoms with Crippen LogP contribution in [-0.4, -0.2) is 19.4 Å². The molecule has 2 N–H and O–H groups in total. The van der Waals surface area contributed by atoms with E-state index in [1.165, 1.54) is 0 Å². The van der Waals surface area contributed by atoms with Crippen LogP contribution in [0.15, 0.2) is 12.1 Å². The summed E-state index contributed by atoms with van der Waals surface area (Å²) in [5, 5.41) is 0. The Morgan fingerprint density at radius 1 is 1.38 bits per heavy atom. The molecular formula is C13H19NO2. The third kappa shape index (κ3) is 2.42. The van der Waals surface area contributed by atoms with Gasteiger partial charge in [0.2, 0.25) is 0 Å². The molecule has 0 saturated heterocycles. The van der Waals surface area contributed by atoms with Gasteiger partial charge in [0.25, 0.3) is 0 Å². The maximum atomic E-state index is 12.0. The number of hydrogen-bond acceptors (Lipinski definition) is 3. The first-order valence-electron chi connectivity index (χ1n) is 5.40. The van der Waals surface area contributed by atoms with Crippen molar-refractivity contribution in [1.29, 1.82) is 0 Å². The summed E-state index contributed by atoms with van der Waals surface area (Å²) in [4.78, 5) is 12.0. The lowest BCUT2D eigenvalue weighted by atomic mass is 9.94. The minimum atomic E-state index is -0.133. The second-order valence-electron chi connectivity index (χ2n) is 4.14. The van der Waals surface area contributed by atoms with Gasteiger partial charge in [0, 0.05) is 18.0 Å². The van der Waals surface area contributed by atoms with E-state index in [9.17, 15) is 4.79 Å². The van der Waals surface area contributed by atoms with Gasteiger partial charge >= 0.3 is 0 Å². The Balaban J connectivity index is 3.16. The van der Waals surface area contributed by atoms with E-state index in [2.05, 4.69) is 0 Å². The molecule has 1 atom stereocenters. The minimum Gasteiger partial charge on any atom is -0.496 e. The lowest BCUT2D eigenvalue weighted by Crippen LogP contribution is -2.21. The maximum absolute atomic E-state index is 12.0. The maximum Gasteiger partial charge on any atom is 0.167 e. The van der Waals surface area contributed by atoms with Gasteiger partial charge in [0.15, 0.2) is 5.78 Å². The summed E-state index contributed by atoms with van der Waals surface area (Å²) in [6, 6.07) is 3.77. The molecule has 88 valence electrons. The second kappa shape index (κ2) is 5.12. The fourth-order valence-corrected chi connectivity index (χ4v) is 1.65. The van der Waals surface area contributed by atoms with Gasteiger partial charge < -0.3 is 10.5 Å². The Morgan fingerprint density at radius 3 is 2.50 bits per heavy atom. The highest BCUT2D eigenvalue weighted by Gasteiger charge is 2.17. The number of rotatable bonds is 4. The van der Waals surface area contributed by atoms with E-state index in [-0.39, 0.29) is 11.7 Å². The Labute approximate surface area is 96.6 Å². The standard InChI is InChI=1S/C13H19NO2/c1-8-6-12(16-4)9(2)5-11(8)13(15)10(3)7-14/h5-6,10H,7,14H2,1-4H3. The summed E-state index contributed by atoms with van der Waals surface area (Å²) >= 11 is 0. The first-order chi connectivity index (χ1) is 7.51. The van der Waals surface area contributed by atoms with Gasteiger partial charge in [-0.05, 0) is 37.1 Å². The number of carbonyl (C=O) groups excluding carboxylic acids is 1. The van der Waals surface area contributed by atoms with Crippen LogP contribution in [-0.2, 0) is 0 Å². The van der Waals surface area contributed by atoms with E-state index in [1.54, 1.807) is 7.11 Å². The molecule has 1 rings (SSSR count). The normalized spacial score (nSPS) is 12.3. The number of carbonyl (C=O) groups is 1. The third-order valence-electron chi connectivity index (χ3n) is 2.81. The Kier molecular flexibility index (Phi) is 4.07. The molecule has 0 aliphatic rings. The topological polar surface area (TPSA) is 52.3 Å². The molecule has 0 bridgehead atoms. The van der Waals surface area contributed by atoms with E-state index in [0.717, 1.165) is 22.4 Å². The summed E-state index contributed by atoms with van der Waals surface area (Å²) < 4.78 is 5.21. The molecule has 1 aromatic carbocycles.